The van der Waals surface area contributed by atoms with Gasteiger partial charge < -0.3 is 19.9 Å². The van der Waals surface area contributed by atoms with E-state index in [1.165, 1.54) is 28.9 Å². The maximum absolute atomic E-state index is 11.0. The lowest BCUT2D eigenvalue weighted by Crippen LogP contribution is -2.33. The maximum Gasteiger partial charge on any atom is 0.511 e. The molecule has 3 aromatic rings. The second-order valence-corrected chi connectivity index (χ2v) is 12.8. The van der Waals surface area contributed by atoms with Crippen LogP contribution in [0.2, 0.25) is 0 Å². The second-order valence-electron chi connectivity index (χ2n) is 11.9. The van der Waals surface area contributed by atoms with Gasteiger partial charge in [-0.3, -0.25) is 0 Å². The Balaban J connectivity index is 1.68. The van der Waals surface area contributed by atoms with Gasteiger partial charge >= 0.3 is 6.16 Å². The number of benzene rings is 2. The highest BCUT2D eigenvalue weighted by Gasteiger charge is 2.37. The third kappa shape index (κ3) is 6.59. The first-order chi connectivity index (χ1) is 18.0. The number of ether oxygens (including phenoxy) is 2. The van der Waals surface area contributed by atoms with Crippen molar-refractivity contribution in [2.24, 2.45) is 0 Å². The number of carbonyl (C=O) groups is 1. The molecule has 2 aromatic carbocycles. The van der Waals surface area contributed by atoms with Gasteiger partial charge in [-0.1, -0.05) is 59.7 Å². The van der Waals surface area contributed by atoms with Crippen LogP contribution in [0.5, 0.6) is 11.5 Å². The summed E-state index contributed by atoms with van der Waals surface area (Å²) in [7, 11) is 0. The third-order valence-electron chi connectivity index (χ3n) is 7.59. The Hall–Kier alpha value is -2.83. The monoisotopic (exact) mass is 535 g/mol. The van der Waals surface area contributed by atoms with Crippen molar-refractivity contribution in [1.29, 1.82) is 0 Å². The minimum absolute atomic E-state index is 0.111. The first-order valence-corrected chi connectivity index (χ1v) is 14.5. The predicted molar refractivity (Wildman–Crippen MR) is 157 cm³/mol. The topological polar surface area (TPSA) is 67.8 Å². The molecule has 1 aliphatic rings. The van der Waals surface area contributed by atoms with Gasteiger partial charge in [-0.25, -0.2) is 4.79 Å². The molecule has 0 aliphatic heterocycles. The summed E-state index contributed by atoms with van der Waals surface area (Å²) >= 11 is 1.47. The molecule has 1 heterocycles. The molecule has 1 aromatic heterocycles. The van der Waals surface area contributed by atoms with Gasteiger partial charge in [0.1, 0.15) is 11.5 Å². The van der Waals surface area contributed by atoms with Crippen LogP contribution in [-0.4, -0.2) is 30.5 Å². The van der Waals surface area contributed by atoms with Crippen molar-refractivity contribution < 1.29 is 19.4 Å². The number of fused-ring (bicyclic) bond motifs is 1. The number of hydrogen-bond donors (Lipinski definition) is 2. The molecular formula is C32H41NO4S. The lowest BCUT2D eigenvalue weighted by atomic mass is 9.63. The highest BCUT2D eigenvalue weighted by atomic mass is 32.1. The summed E-state index contributed by atoms with van der Waals surface area (Å²) in [6, 6.07) is 15.4. The first kappa shape index (κ1) is 28.2. The van der Waals surface area contributed by atoms with Crippen LogP contribution in [0.15, 0.2) is 47.8 Å². The quantitative estimate of drug-likeness (QED) is 0.201. The van der Waals surface area contributed by atoms with Gasteiger partial charge in [0.15, 0.2) is 0 Å². The zero-order valence-corrected chi connectivity index (χ0v) is 24.3. The van der Waals surface area contributed by atoms with Crippen LogP contribution >= 0.6 is 11.3 Å². The third-order valence-corrected chi connectivity index (χ3v) is 8.55. The Labute approximate surface area is 231 Å². The summed E-state index contributed by atoms with van der Waals surface area (Å²) in [6.07, 6.45) is 3.08. The van der Waals surface area contributed by atoms with E-state index in [4.69, 9.17) is 14.6 Å². The van der Waals surface area contributed by atoms with Crippen LogP contribution in [0.4, 0.5) is 4.79 Å². The van der Waals surface area contributed by atoms with Gasteiger partial charge in [0.2, 0.25) is 0 Å². The number of unbranched alkanes of at least 4 members (excludes halogenated alkanes) is 1. The van der Waals surface area contributed by atoms with E-state index in [2.05, 4.69) is 71.1 Å². The van der Waals surface area contributed by atoms with E-state index in [-0.39, 0.29) is 10.8 Å². The van der Waals surface area contributed by atoms with Gasteiger partial charge in [-0.15, -0.1) is 11.3 Å². The fourth-order valence-electron chi connectivity index (χ4n) is 5.22. The molecule has 6 heteroatoms. The molecule has 0 spiro atoms. The Morgan fingerprint density at radius 2 is 1.68 bits per heavy atom. The van der Waals surface area contributed by atoms with E-state index >= 15 is 0 Å². The van der Waals surface area contributed by atoms with Crippen molar-refractivity contribution in [3.05, 3.63) is 59.0 Å². The van der Waals surface area contributed by atoms with Crippen LogP contribution in [0, 0.1) is 0 Å². The summed E-state index contributed by atoms with van der Waals surface area (Å²) in [6.45, 7) is 15.4. The summed E-state index contributed by atoms with van der Waals surface area (Å²) < 4.78 is 11.2. The van der Waals surface area contributed by atoms with Gasteiger partial charge in [0.05, 0.1) is 6.61 Å². The molecule has 0 bridgehead atoms. The van der Waals surface area contributed by atoms with Gasteiger partial charge in [-0.05, 0) is 89.6 Å². The Kier molecular flexibility index (Phi) is 8.53. The average molecular weight is 536 g/mol. The number of nitrogens with one attached hydrogen (secondary N) is 1. The van der Waals surface area contributed by atoms with Crippen molar-refractivity contribution in [2.75, 3.05) is 13.2 Å². The summed E-state index contributed by atoms with van der Waals surface area (Å²) in [5.74, 6) is 1.21. The summed E-state index contributed by atoms with van der Waals surface area (Å²) in [4.78, 5) is 11.9. The molecule has 0 saturated carbocycles. The van der Waals surface area contributed by atoms with Crippen LogP contribution in [0.25, 0.3) is 21.6 Å². The van der Waals surface area contributed by atoms with E-state index in [9.17, 15) is 4.79 Å². The van der Waals surface area contributed by atoms with E-state index in [1.54, 1.807) is 11.4 Å². The van der Waals surface area contributed by atoms with E-state index in [1.807, 2.05) is 12.1 Å². The van der Waals surface area contributed by atoms with Crippen LogP contribution in [0.3, 0.4) is 0 Å². The smallest absolute Gasteiger partial charge is 0.493 e. The Morgan fingerprint density at radius 3 is 2.39 bits per heavy atom. The summed E-state index contributed by atoms with van der Waals surface area (Å²) in [5.41, 5.74) is 6.32. The molecule has 2 N–H and O–H groups in total. The number of thiophene rings is 1. The molecule has 0 atom stereocenters. The molecular weight excluding hydrogens is 494 g/mol. The minimum Gasteiger partial charge on any atom is -0.493 e. The normalized spacial score (nSPS) is 15.8. The van der Waals surface area contributed by atoms with Crippen LogP contribution in [-0.2, 0) is 10.8 Å². The lowest BCUT2D eigenvalue weighted by Gasteiger charge is -2.42. The molecule has 4 rings (SSSR count). The first-order valence-electron chi connectivity index (χ1n) is 13.6. The molecule has 38 heavy (non-hydrogen) atoms. The fourth-order valence-corrected chi connectivity index (χ4v) is 6.02. The molecule has 0 saturated heterocycles. The Morgan fingerprint density at radius 1 is 0.974 bits per heavy atom. The molecule has 0 fully saturated rings. The summed E-state index contributed by atoms with van der Waals surface area (Å²) in [5, 5.41) is 14.2. The van der Waals surface area contributed by atoms with E-state index < -0.39 is 6.16 Å². The van der Waals surface area contributed by atoms with Crippen molar-refractivity contribution in [3.63, 3.8) is 0 Å². The van der Waals surface area contributed by atoms with E-state index in [0.717, 1.165) is 53.1 Å². The molecule has 5 nitrogen and oxygen atoms in total. The number of hydrogen-bond acceptors (Lipinski definition) is 5. The number of carboxylic acid groups (broad SMARTS) is 1. The minimum atomic E-state index is -1.30. The standard InChI is InChI=1S/C32H41NO4S/c1-21(2)33-15-7-8-16-36-28-12-10-23(29-19-24(20-38-29)37-30(34)35)17-25(28)22-9-11-26-27(18-22)32(5,6)14-13-31(26,3)4/h9-12,17-21,33H,7-8,13-16H2,1-6H3,(H,34,35). The van der Waals surface area contributed by atoms with Crippen molar-refractivity contribution in [3.8, 4) is 33.1 Å². The van der Waals surface area contributed by atoms with Crippen LogP contribution in [0.1, 0.15) is 78.4 Å². The van der Waals surface area contributed by atoms with Crippen molar-refractivity contribution in [1.82, 2.24) is 5.32 Å². The molecule has 204 valence electrons. The SMILES string of the molecule is CC(C)NCCCCOc1ccc(-c2cc(OC(=O)O)cs2)cc1-c1ccc2c(c1)C(C)(C)CCC2(C)C. The van der Waals surface area contributed by atoms with Gasteiger partial charge in [-0.2, -0.15) is 0 Å². The van der Waals surface area contributed by atoms with Gasteiger partial charge in [0.25, 0.3) is 0 Å². The zero-order valence-electron chi connectivity index (χ0n) is 23.5. The molecule has 0 radical (unpaired) electrons. The maximum atomic E-state index is 11.0. The Bertz CT molecular complexity index is 1270. The zero-order chi connectivity index (χ0) is 27.5. The largest absolute Gasteiger partial charge is 0.511 e. The predicted octanol–water partition coefficient (Wildman–Crippen LogP) is 8.64. The molecule has 0 amide bonds. The van der Waals surface area contributed by atoms with Crippen molar-refractivity contribution in [2.45, 2.75) is 84.1 Å². The molecule has 0 unspecified atom stereocenters. The highest BCUT2D eigenvalue weighted by molar-refractivity contribution is 7.13. The van der Waals surface area contributed by atoms with E-state index in [0.29, 0.717) is 18.4 Å². The second kappa shape index (κ2) is 11.5. The van der Waals surface area contributed by atoms with Crippen molar-refractivity contribution >= 4 is 17.5 Å². The lowest BCUT2D eigenvalue weighted by molar-refractivity contribution is 0.144. The van der Waals surface area contributed by atoms with Crippen LogP contribution < -0.4 is 14.8 Å². The molecule has 1 aliphatic carbocycles. The highest BCUT2D eigenvalue weighted by Crippen LogP contribution is 2.48. The fraction of sp³-hybridized carbons (Fsp3) is 0.469. The number of rotatable bonds is 10. The van der Waals surface area contributed by atoms with Gasteiger partial charge in [0, 0.05) is 21.9 Å². The average Bonchev–Trinajstić information content (AvgIpc) is 3.31.